The molecule has 4 rings (SSSR count). The summed E-state index contributed by atoms with van der Waals surface area (Å²) in [5, 5.41) is 8.91. The molecule has 1 amide bonds. The summed E-state index contributed by atoms with van der Waals surface area (Å²) in [4.78, 5) is 20.8. The van der Waals surface area contributed by atoms with Crippen LogP contribution in [-0.2, 0) is 22.6 Å². The maximum atomic E-state index is 12.9. The number of hydrogen-bond acceptors (Lipinski definition) is 6. The van der Waals surface area contributed by atoms with Crippen molar-refractivity contribution in [3.8, 4) is 0 Å². The second-order valence-corrected chi connectivity index (χ2v) is 7.88. The number of amides is 1. The van der Waals surface area contributed by atoms with Gasteiger partial charge >= 0.3 is 0 Å². The maximum Gasteiger partial charge on any atom is 0.237 e. The van der Waals surface area contributed by atoms with Crippen molar-refractivity contribution in [2.45, 2.75) is 44.8 Å². The van der Waals surface area contributed by atoms with Gasteiger partial charge in [0.15, 0.2) is 5.82 Å². The molecule has 2 aromatic heterocycles. The van der Waals surface area contributed by atoms with Crippen LogP contribution in [0.15, 0.2) is 24.5 Å². The molecule has 0 aliphatic carbocycles. The zero-order chi connectivity index (χ0) is 19.5. The van der Waals surface area contributed by atoms with Crippen molar-refractivity contribution in [2.75, 3.05) is 33.4 Å². The lowest BCUT2D eigenvalue weighted by Gasteiger charge is -2.34. The zero-order valence-corrected chi connectivity index (χ0v) is 16.6. The van der Waals surface area contributed by atoms with E-state index in [-0.39, 0.29) is 11.9 Å². The summed E-state index contributed by atoms with van der Waals surface area (Å²) in [5.41, 5.74) is 1.15. The van der Waals surface area contributed by atoms with E-state index < -0.39 is 0 Å². The van der Waals surface area contributed by atoms with Crippen molar-refractivity contribution in [1.29, 1.82) is 0 Å². The average molecular weight is 384 g/mol. The van der Waals surface area contributed by atoms with Gasteiger partial charge in [-0.15, -0.1) is 10.2 Å². The summed E-state index contributed by atoms with van der Waals surface area (Å²) in [7, 11) is 1.97. The Hall–Kier alpha value is -2.32. The van der Waals surface area contributed by atoms with Gasteiger partial charge in [-0.05, 0) is 44.5 Å². The normalized spacial score (nSPS) is 20.4. The highest BCUT2D eigenvalue weighted by molar-refractivity contribution is 5.78. The highest BCUT2D eigenvalue weighted by atomic mass is 16.5. The third kappa shape index (κ3) is 4.07. The van der Waals surface area contributed by atoms with Crippen molar-refractivity contribution in [3.05, 3.63) is 41.7 Å². The molecule has 2 aliphatic rings. The van der Waals surface area contributed by atoms with Gasteiger partial charge in [0.2, 0.25) is 5.91 Å². The Morgan fingerprint density at radius 1 is 1.25 bits per heavy atom. The fourth-order valence-electron chi connectivity index (χ4n) is 4.17. The smallest absolute Gasteiger partial charge is 0.237 e. The van der Waals surface area contributed by atoms with Gasteiger partial charge in [-0.3, -0.25) is 14.7 Å². The predicted molar refractivity (Wildman–Crippen MR) is 104 cm³/mol. The standard InChI is InChI=1S/C20H28N6O2/c1-15-11-25(19(27)14-24(2)12-16-3-7-21-8-4-16)13-18-22-23-20(26(15)18)17-5-9-28-10-6-17/h3-4,7-8,15,17H,5-6,9-14H2,1-2H3/t15-/m0/s1. The molecule has 0 aromatic carbocycles. The average Bonchev–Trinajstić information content (AvgIpc) is 3.14. The summed E-state index contributed by atoms with van der Waals surface area (Å²) in [6.07, 6.45) is 5.54. The molecule has 8 heteroatoms. The van der Waals surface area contributed by atoms with Crippen LogP contribution in [0.25, 0.3) is 0 Å². The van der Waals surface area contributed by atoms with Gasteiger partial charge in [-0.1, -0.05) is 0 Å². The van der Waals surface area contributed by atoms with Crippen LogP contribution in [0.2, 0.25) is 0 Å². The lowest BCUT2D eigenvalue weighted by Crippen LogP contribution is -2.44. The third-order valence-electron chi connectivity index (χ3n) is 5.60. The second kappa shape index (κ2) is 8.36. The van der Waals surface area contributed by atoms with E-state index in [2.05, 4.69) is 26.7 Å². The predicted octanol–water partition coefficient (Wildman–Crippen LogP) is 1.60. The number of likely N-dealkylation sites (N-methyl/N-ethyl adjacent to an activating group) is 1. The van der Waals surface area contributed by atoms with Crippen LogP contribution < -0.4 is 0 Å². The Morgan fingerprint density at radius 3 is 2.75 bits per heavy atom. The summed E-state index contributed by atoms with van der Waals surface area (Å²) in [5.74, 6) is 2.49. The number of carbonyl (C=O) groups is 1. The monoisotopic (exact) mass is 384 g/mol. The molecule has 28 heavy (non-hydrogen) atoms. The van der Waals surface area contributed by atoms with Crippen molar-refractivity contribution < 1.29 is 9.53 Å². The van der Waals surface area contributed by atoms with E-state index in [0.29, 0.717) is 25.6 Å². The first-order valence-corrected chi connectivity index (χ1v) is 9.98. The van der Waals surface area contributed by atoms with E-state index in [1.54, 1.807) is 12.4 Å². The molecule has 0 spiro atoms. The number of pyridine rings is 1. The van der Waals surface area contributed by atoms with Crippen LogP contribution >= 0.6 is 0 Å². The molecule has 1 fully saturated rings. The van der Waals surface area contributed by atoms with Gasteiger partial charge in [0, 0.05) is 44.6 Å². The number of carbonyl (C=O) groups excluding carboxylic acids is 1. The molecular weight excluding hydrogens is 356 g/mol. The van der Waals surface area contributed by atoms with Gasteiger partial charge in [-0.2, -0.15) is 0 Å². The first kappa shape index (κ1) is 19.0. The highest BCUT2D eigenvalue weighted by Crippen LogP contribution is 2.30. The summed E-state index contributed by atoms with van der Waals surface area (Å²) in [6.45, 7) is 6.06. The van der Waals surface area contributed by atoms with E-state index >= 15 is 0 Å². The molecule has 2 aromatic rings. The molecule has 0 saturated carbocycles. The lowest BCUT2D eigenvalue weighted by atomic mass is 9.99. The molecule has 0 unspecified atom stereocenters. The van der Waals surface area contributed by atoms with Gasteiger partial charge in [0.1, 0.15) is 5.82 Å². The first-order chi connectivity index (χ1) is 13.6. The Bertz CT molecular complexity index is 802. The molecule has 8 nitrogen and oxygen atoms in total. The van der Waals surface area contributed by atoms with Gasteiger partial charge in [-0.25, -0.2) is 0 Å². The Balaban J connectivity index is 1.40. The van der Waals surface area contributed by atoms with Crippen molar-refractivity contribution in [3.63, 3.8) is 0 Å². The zero-order valence-electron chi connectivity index (χ0n) is 16.6. The first-order valence-electron chi connectivity index (χ1n) is 9.98. The Kier molecular flexibility index (Phi) is 5.68. The molecule has 150 valence electrons. The molecule has 0 N–H and O–H groups in total. The lowest BCUT2D eigenvalue weighted by molar-refractivity contribution is -0.134. The molecule has 0 radical (unpaired) electrons. The fourth-order valence-corrected chi connectivity index (χ4v) is 4.17. The summed E-state index contributed by atoms with van der Waals surface area (Å²) in [6, 6.07) is 4.14. The summed E-state index contributed by atoms with van der Waals surface area (Å²) < 4.78 is 7.73. The van der Waals surface area contributed by atoms with Gasteiger partial charge in [0.05, 0.1) is 19.1 Å². The van der Waals surface area contributed by atoms with Crippen LogP contribution in [0.1, 0.15) is 48.9 Å². The van der Waals surface area contributed by atoms with E-state index in [1.165, 1.54) is 0 Å². The van der Waals surface area contributed by atoms with Crippen molar-refractivity contribution in [1.82, 2.24) is 29.5 Å². The van der Waals surface area contributed by atoms with E-state index in [1.807, 2.05) is 29.0 Å². The minimum atomic E-state index is 0.130. The Morgan fingerprint density at radius 2 is 2.00 bits per heavy atom. The minimum absolute atomic E-state index is 0.130. The van der Waals surface area contributed by atoms with Crippen LogP contribution in [0, 0.1) is 0 Å². The topological polar surface area (TPSA) is 76.4 Å². The SMILES string of the molecule is C[C@H]1CN(C(=O)CN(C)Cc2ccncc2)Cc2nnc(C3CCOCC3)n21. The van der Waals surface area contributed by atoms with Crippen molar-refractivity contribution in [2.24, 2.45) is 0 Å². The number of hydrogen-bond donors (Lipinski definition) is 0. The largest absolute Gasteiger partial charge is 0.381 e. The number of aromatic nitrogens is 4. The fraction of sp³-hybridized carbons (Fsp3) is 0.600. The molecule has 2 aliphatic heterocycles. The van der Waals surface area contributed by atoms with Gasteiger partial charge < -0.3 is 14.2 Å². The van der Waals surface area contributed by atoms with Crippen LogP contribution in [0.3, 0.4) is 0 Å². The molecular formula is C20H28N6O2. The number of nitrogens with zero attached hydrogens (tertiary/aromatic N) is 6. The van der Waals surface area contributed by atoms with E-state index in [9.17, 15) is 4.79 Å². The molecule has 4 heterocycles. The van der Waals surface area contributed by atoms with Crippen LogP contribution in [-0.4, -0.2) is 68.8 Å². The molecule has 0 bridgehead atoms. The Labute approximate surface area is 165 Å². The minimum Gasteiger partial charge on any atom is -0.381 e. The van der Waals surface area contributed by atoms with E-state index in [4.69, 9.17) is 4.74 Å². The van der Waals surface area contributed by atoms with Crippen LogP contribution in [0.5, 0.6) is 0 Å². The molecule has 1 atom stereocenters. The van der Waals surface area contributed by atoms with Gasteiger partial charge in [0.25, 0.3) is 0 Å². The van der Waals surface area contributed by atoms with Crippen LogP contribution in [0.4, 0.5) is 0 Å². The highest BCUT2D eigenvalue weighted by Gasteiger charge is 2.32. The second-order valence-electron chi connectivity index (χ2n) is 7.88. The molecule has 1 saturated heterocycles. The quantitative estimate of drug-likeness (QED) is 0.779. The maximum absolute atomic E-state index is 12.9. The number of ether oxygens (including phenoxy) is 1. The van der Waals surface area contributed by atoms with Crippen molar-refractivity contribution >= 4 is 5.91 Å². The number of rotatable bonds is 5. The third-order valence-corrected chi connectivity index (χ3v) is 5.60. The summed E-state index contributed by atoms with van der Waals surface area (Å²) >= 11 is 0. The van der Waals surface area contributed by atoms with E-state index in [0.717, 1.165) is 49.8 Å². The number of fused-ring (bicyclic) bond motifs is 1.